The summed E-state index contributed by atoms with van der Waals surface area (Å²) in [5.74, 6) is 0. The molecule has 1 heterocycles. The molecule has 0 amide bonds. The van der Waals surface area contributed by atoms with Crippen LogP contribution < -0.4 is 5.73 Å². The van der Waals surface area contributed by atoms with E-state index >= 15 is 0 Å². The topological polar surface area (TPSA) is 29.3 Å². The molecule has 17 heavy (non-hydrogen) atoms. The predicted molar refractivity (Wildman–Crippen MR) is 64.0 cm³/mol. The Morgan fingerprint density at radius 1 is 1.47 bits per heavy atom. The zero-order valence-electron chi connectivity index (χ0n) is 9.87. The molecule has 2 unspecified atom stereocenters. The Morgan fingerprint density at radius 2 is 2.12 bits per heavy atom. The maximum Gasteiger partial charge on any atom is 0.401 e. The smallest absolute Gasteiger partial charge is 0.326 e. The van der Waals surface area contributed by atoms with Crippen molar-refractivity contribution in [2.24, 2.45) is 5.73 Å². The summed E-state index contributed by atoms with van der Waals surface area (Å²) in [7, 11) is 1.47. The average Bonchev–Trinajstić information content (AvgIpc) is 2.68. The molecular formula is C11H17F3N2S. The van der Waals surface area contributed by atoms with Crippen molar-refractivity contribution in [1.82, 2.24) is 4.90 Å². The molecule has 0 saturated carbocycles. The third kappa shape index (κ3) is 4.29. The van der Waals surface area contributed by atoms with Gasteiger partial charge in [-0.05, 0) is 24.9 Å². The summed E-state index contributed by atoms with van der Waals surface area (Å²) in [5.41, 5.74) is 5.93. The van der Waals surface area contributed by atoms with E-state index < -0.39 is 12.7 Å². The first-order valence-electron chi connectivity index (χ1n) is 5.41. The van der Waals surface area contributed by atoms with Crippen LogP contribution in [0.2, 0.25) is 0 Å². The standard InChI is InChI=1S/C11H17F3N2S/c1-3-8(15)10(9-5-4-6-17-9)16(2)7-11(12,13)14/h4-6,8,10H,3,7,15H2,1-2H3. The summed E-state index contributed by atoms with van der Waals surface area (Å²) in [5, 5.41) is 1.85. The summed E-state index contributed by atoms with van der Waals surface area (Å²) in [6.07, 6.45) is -3.55. The minimum Gasteiger partial charge on any atom is -0.326 e. The van der Waals surface area contributed by atoms with E-state index in [0.29, 0.717) is 6.42 Å². The van der Waals surface area contributed by atoms with Gasteiger partial charge in [-0.3, -0.25) is 4.90 Å². The first-order valence-corrected chi connectivity index (χ1v) is 6.29. The molecule has 0 fully saturated rings. The fraction of sp³-hybridized carbons (Fsp3) is 0.636. The SMILES string of the molecule is CCC(N)C(c1cccs1)N(C)CC(F)(F)F. The van der Waals surface area contributed by atoms with Crippen molar-refractivity contribution < 1.29 is 13.2 Å². The minimum atomic E-state index is -4.20. The van der Waals surface area contributed by atoms with Gasteiger partial charge in [0.05, 0.1) is 12.6 Å². The molecule has 0 aliphatic rings. The van der Waals surface area contributed by atoms with Crippen LogP contribution in [0.15, 0.2) is 17.5 Å². The molecule has 1 aromatic heterocycles. The summed E-state index contributed by atoms with van der Waals surface area (Å²) >= 11 is 1.44. The molecule has 6 heteroatoms. The third-order valence-corrected chi connectivity index (χ3v) is 3.56. The molecule has 0 aromatic carbocycles. The molecule has 2 N–H and O–H groups in total. The molecule has 0 bridgehead atoms. The first-order chi connectivity index (χ1) is 7.85. The quantitative estimate of drug-likeness (QED) is 0.887. The molecule has 0 aliphatic carbocycles. The number of hydrogen-bond donors (Lipinski definition) is 1. The Bertz CT molecular complexity index is 324. The Kier molecular flexibility index (Phi) is 4.97. The van der Waals surface area contributed by atoms with Gasteiger partial charge < -0.3 is 5.73 Å². The van der Waals surface area contributed by atoms with Crippen LogP contribution in [0.1, 0.15) is 24.3 Å². The lowest BCUT2D eigenvalue weighted by Gasteiger charge is -2.32. The van der Waals surface area contributed by atoms with Crippen LogP contribution in [0.25, 0.3) is 0 Å². The number of halogens is 3. The summed E-state index contributed by atoms with van der Waals surface area (Å²) in [4.78, 5) is 2.16. The van der Waals surface area contributed by atoms with Crippen LogP contribution in [-0.2, 0) is 0 Å². The van der Waals surface area contributed by atoms with Gasteiger partial charge in [-0.25, -0.2) is 0 Å². The molecule has 0 spiro atoms. The Hall–Kier alpha value is -0.590. The minimum absolute atomic E-state index is 0.291. The number of nitrogens with zero attached hydrogens (tertiary/aromatic N) is 1. The van der Waals surface area contributed by atoms with Crippen LogP contribution in [0.3, 0.4) is 0 Å². The highest BCUT2D eigenvalue weighted by atomic mass is 32.1. The molecule has 2 nitrogen and oxygen atoms in total. The van der Waals surface area contributed by atoms with Crippen LogP contribution in [0.4, 0.5) is 13.2 Å². The lowest BCUT2D eigenvalue weighted by Crippen LogP contribution is -2.42. The first kappa shape index (κ1) is 14.5. The molecular weight excluding hydrogens is 249 g/mol. The van der Waals surface area contributed by atoms with Crippen molar-refractivity contribution in [3.8, 4) is 0 Å². The summed E-state index contributed by atoms with van der Waals surface area (Å²) in [6, 6.07) is 3.00. The number of rotatable bonds is 5. The molecule has 98 valence electrons. The van der Waals surface area contributed by atoms with E-state index in [1.165, 1.54) is 23.3 Å². The normalized spacial score (nSPS) is 16.2. The largest absolute Gasteiger partial charge is 0.401 e. The van der Waals surface area contributed by atoms with Crippen molar-refractivity contribution in [2.75, 3.05) is 13.6 Å². The monoisotopic (exact) mass is 266 g/mol. The van der Waals surface area contributed by atoms with Crippen molar-refractivity contribution in [3.05, 3.63) is 22.4 Å². The molecule has 0 aliphatic heterocycles. The van der Waals surface area contributed by atoms with Crippen molar-refractivity contribution in [1.29, 1.82) is 0 Å². The number of nitrogens with two attached hydrogens (primary N) is 1. The summed E-state index contributed by atoms with van der Waals surface area (Å²) in [6.45, 7) is 0.940. The van der Waals surface area contributed by atoms with Gasteiger partial charge in [0.1, 0.15) is 0 Å². The molecule has 0 radical (unpaired) electrons. The van der Waals surface area contributed by atoms with Crippen LogP contribution in [0.5, 0.6) is 0 Å². The highest BCUT2D eigenvalue weighted by Gasteiger charge is 2.34. The average molecular weight is 266 g/mol. The van der Waals surface area contributed by atoms with E-state index in [0.717, 1.165) is 4.88 Å². The van der Waals surface area contributed by atoms with Gasteiger partial charge in [-0.15, -0.1) is 11.3 Å². The Morgan fingerprint density at radius 3 is 2.53 bits per heavy atom. The van der Waals surface area contributed by atoms with Gasteiger partial charge in [-0.1, -0.05) is 13.0 Å². The number of hydrogen-bond acceptors (Lipinski definition) is 3. The van der Waals surface area contributed by atoms with Crippen molar-refractivity contribution >= 4 is 11.3 Å². The van der Waals surface area contributed by atoms with Gasteiger partial charge in [0, 0.05) is 10.9 Å². The highest BCUT2D eigenvalue weighted by molar-refractivity contribution is 7.10. The Balaban J connectivity index is 2.84. The zero-order valence-corrected chi connectivity index (χ0v) is 10.7. The van der Waals surface area contributed by atoms with Crippen molar-refractivity contribution in [3.63, 3.8) is 0 Å². The molecule has 1 rings (SSSR count). The van der Waals surface area contributed by atoms with Crippen molar-refractivity contribution in [2.45, 2.75) is 31.6 Å². The van der Waals surface area contributed by atoms with Crippen LogP contribution >= 0.6 is 11.3 Å². The fourth-order valence-corrected chi connectivity index (χ4v) is 2.78. The molecule has 0 saturated heterocycles. The maximum absolute atomic E-state index is 12.4. The van der Waals surface area contributed by atoms with E-state index in [-0.39, 0.29) is 12.1 Å². The predicted octanol–water partition coefficient (Wildman–Crippen LogP) is 3.02. The van der Waals surface area contributed by atoms with Gasteiger partial charge in [-0.2, -0.15) is 13.2 Å². The molecule has 2 atom stereocenters. The highest BCUT2D eigenvalue weighted by Crippen LogP contribution is 2.30. The molecule has 1 aromatic rings. The number of likely N-dealkylation sites (N-methyl/N-ethyl adjacent to an activating group) is 1. The number of alkyl halides is 3. The van der Waals surface area contributed by atoms with Gasteiger partial charge in [0.25, 0.3) is 0 Å². The van der Waals surface area contributed by atoms with Gasteiger partial charge >= 0.3 is 6.18 Å². The van der Waals surface area contributed by atoms with Gasteiger partial charge in [0.2, 0.25) is 0 Å². The van der Waals surface area contributed by atoms with E-state index in [1.54, 1.807) is 0 Å². The second-order valence-corrected chi connectivity index (χ2v) is 5.04. The lowest BCUT2D eigenvalue weighted by atomic mass is 10.0. The van der Waals surface area contributed by atoms with E-state index in [1.807, 2.05) is 24.4 Å². The van der Waals surface area contributed by atoms with E-state index in [2.05, 4.69) is 0 Å². The zero-order chi connectivity index (χ0) is 13.1. The van der Waals surface area contributed by atoms with E-state index in [9.17, 15) is 13.2 Å². The third-order valence-electron chi connectivity index (χ3n) is 2.62. The van der Waals surface area contributed by atoms with Crippen LogP contribution in [-0.4, -0.2) is 30.7 Å². The second kappa shape index (κ2) is 5.84. The van der Waals surface area contributed by atoms with Gasteiger partial charge in [0.15, 0.2) is 0 Å². The van der Waals surface area contributed by atoms with Crippen LogP contribution in [0, 0.1) is 0 Å². The number of thiophene rings is 1. The van der Waals surface area contributed by atoms with E-state index in [4.69, 9.17) is 5.73 Å². The second-order valence-electron chi connectivity index (χ2n) is 4.06. The fourth-order valence-electron chi connectivity index (χ4n) is 1.82. The lowest BCUT2D eigenvalue weighted by molar-refractivity contribution is -0.148. The Labute approximate surface area is 103 Å². The summed E-state index contributed by atoms with van der Waals surface area (Å²) < 4.78 is 37.2. The maximum atomic E-state index is 12.4.